The van der Waals surface area contributed by atoms with Crippen molar-refractivity contribution in [2.75, 3.05) is 54.6 Å². The fourth-order valence-electron chi connectivity index (χ4n) is 4.26. The highest BCUT2D eigenvalue weighted by atomic mass is 16.5. The molecule has 1 aliphatic heterocycles. The Morgan fingerprint density at radius 2 is 1.59 bits per heavy atom. The zero-order valence-corrected chi connectivity index (χ0v) is 19.6. The number of methoxy groups -OCH3 is 2. The van der Waals surface area contributed by atoms with Crippen molar-refractivity contribution in [3.8, 4) is 17.2 Å². The number of aliphatic imine (C=N–C) groups is 1. The van der Waals surface area contributed by atoms with Gasteiger partial charge in [-0.05, 0) is 74.3 Å². The summed E-state index contributed by atoms with van der Waals surface area (Å²) in [6.07, 6.45) is 2.39. The van der Waals surface area contributed by atoms with Crippen LogP contribution >= 0.6 is 0 Å². The normalized spacial score (nSPS) is 19.3. The van der Waals surface area contributed by atoms with Gasteiger partial charge in [0.2, 0.25) is 0 Å². The number of ether oxygens (including phenoxy) is 3. The molecule has 0 amide bonds. The quantitative estimate of drug-likeness (QED) is 0.354. The van der Waals surface area contributed by atoms with E-state index in [1.807, 2.05) is 36.4 Å². The molecule has 0 bridgehead atoms. The van der Waals surface area contributed by atoms with E-state index in [1.165, 1.54) is 18.4 Å². The number of benzene rings is 2. The number of rotatable bonds is 9. The molecular weight excluding hydrogens is 404 g/mol. The largest absolute Gasteiger partial charge is 0.497 e. The van der Waals surface area contributed by atoms with Gasteiger partial charge < -0.3 is 24.8 Å². The van der Waals surface area contributed by atoms with E-state index in [2.05, 4.69) is 39.7 Å². The Bertz CT molecular complexity index is 839. The fourth-order valence-corrected chi connectivity index (χ4v) is 4.26. The molecule has 2 N–H and O–H groups in total. The molecule has 7 heteroatoms. The van der Waals surface area contributed by atoms with Crippen LogP contribution < -0.4 is 24.8 Å². The summed E-state index contributed by atoms with van der Waals surface area (Å²) in [6, 6.07) is 16.4. The van der Waals surface area contributed by atoms with Crippen molar-refractivity contribution >= 4 is 5.96 Å². The third-order valence-corrected chi connectivity index (χ3v) is 5.94. The van der Waals surface area contributed by atoms with Crippen molar-refractivity contribution in [2.24, 2.45) is 10.9 Å². The summed E-state index contributed by atoms with van der Waals surface area (Å²) in [5.74, 6) is 3.83. The number of guanidine groups is 1. The summed E-state index contributed by atoms with van der Waals surface area (Å²) in [4.78, 5) is 6.83. The Balaban J connectivity index is 1.48. The molecule has 0 spiro atoms. The van der Waals surface area contributed by atoms with Crippen LogP contribution in [0.1, 0.15) is 24.4 Å². The standard InChI is InChI=1S/C25H36N4O3/c1-26-25(27-15-17-32-23-13-11-22(31-4)12-14-23)28-18-20-6-5-16-29(2)24(20)19-7-9-21(30-3)10-8-19/h7-14,20,24H,5-6,15-18H2,1-4H3,(H2,26,27,28). The lowest BCUT2D eigenvalue weighted by molar-refractivity contribution is 0.122. The lowest BCUT2D eigenvalue weighted by Crippen LogP contribution is -2.45. The average Bonchev–Trinajstić information content (AvgIpc) is 2.84. The smallest absolute Gasteiger partial charge is 0.191 e. The van der Waals surface area contributed by atoms with E-state index in [-0.39, 0.29) is 0 Å². The van der Waals surface area contributed by atoms with Crippen LogP contribution in [0.25, 0.3) is 0 Å². The van der Waals surface area contributed by atoms with E-state index in [9.17, 15) is 0 Å². The first kappa shape index (κ1) is 23.7. The Kier molecular flexibility index (Phi) is 9.04. The third kappa shape index (κ3) is 6.53. The summed E-state index contributed by atoms with van der Waals surface area (Å²) in [5.41, 5.74) is 1.33. The average molecular weight is 441 g/mol. The predicted octanol–water partition coefficient (Wildman–Crippen LogP) is 3.33. The van der Waals surface area contributed by atoms with Crippen molar-refractivity contribution in [1.29, 1.82) is 0 Å². The Morgan fingerprint density at radius 1 is 0.969 bits per heavy atom. The summed E-state index contributed by atoms with van der Waals surface area (Å²) in [6.45, 7) is 3.19. The van der Waals surface area contributed by atoms with Crippen LogP contribution in [0.2, 0.25) is 0 Å². The molecule has 1 heterocycles. The molecule has 1 aliphatic rings. The predicted molar refractivity (Wildman–Crippen MR) is 129 cm³/mol. The van der Waals surface area contributed by atoms with Crippen LogP contribution in [0, 0.1) is 5.92 Å². The van der Waals surface area contributed by atoms with Gasteiger partial charge in [0.25, 0.3) is 0 Å². The number of nitrogens with zero attached hydrogens (tertiary/aromatic N) is 2. The van der Waals surface area contributed by atoms with Crippen molar-refractivity contribution in [3.63, 3.8) is 0 Å². The lowest BCUT2D eigenvalue weighted by atomic mass is 9.85. The Labute approximate surface area is 191 Å². The van der Waals surface area contributed by atoms with E-state index < -0.39 is 0 Å². The molecule has 2 unspecified atom stereocenters. The highest BCUT2D eigenvalue weighted by Crippen LogP contribution is 2.35. The molecule has 1 saturated heterocycles. The molecule has 0 saturated carbocycles. The first-order valence-corrected chi connectivity index (χ1v) is 11.2. The van der Waals surface area contributed by atoms with E-state index in [1.54, 1.807) is 21.3 Å². The van der Waals surface area contributed by atoms with Crippen molar-refractivity contribution < 1.29 is 14.2 Å². The van der Waals surface area contributed by atoms with E-state index >= 15 is 0 Å². The topological polar surface area (TPSA) is 67.4 Å². The van der Waals surface area contributed by atoms with Gasteiger partial charge in [-0.25, -0.2) is 0 Å². The van der Waals surface area contributed by atoms with Crippen molar-refractivity contribution in [3.05, 3.63) is 54.1 Å². The van der Waals surface area contributed by atoms with Crippen LogP contribution in [0.3, 0.4) is 0 Å². The zero-order chi connectivity index (χ0) is 22.8. The number of piperidine rings is 1. The number of likely N-dealkylation sites (tertiary alicyclic amines) is 1. The minimum absolute atomic E-state index is 0.374. The summed E-state index contributed by atoms with van der Waals surface area (Å²) >= 11 is 0. The summed E-state index contributed by atoms with van der Waals surface area (Å²) in [7, 11) is 7.37. The maximum absolute atomic E-state index is 5.78. The maximum atomic E-state index is 5.78. The molecular formula is C25H36N4O3. The van der Waals surface area contributed by atoms with Crippen molar-refractivity contribution in [2.45, 2.75) is 18.9 Å². The van der Waals surface area contributed by atoms with E-state index in [0.29, 0.717) is 25.1 Å². The highest BCUT2D eigenvalue weighted by molar-refractivity contribution is 5.79. The van der Waals surface area contributed by atoms with Crippen LogP contribution in [-0.4, -0.2) is 65.4 Å². The number of hydrogen-bond acceptors (Lipinski definition) is 5. The zero-order valence-electron chi connectivity index (χ0n) is 19.6. The molecule has 2 atom stereocenters. The second-order valence-electron chi connectivity index (χ2n) is 8.00. The molecule has 2 aromatic rings. The van der Waals surface area contributed by atoms with Gasteiger partial charge in [0, 0.05) is 19.6 Å². The molecule has 0 aromatic heterocycles. The fraction of sp³-hybridized carbons (Fsp3) is 0.480. The monoisotopic (exact) mass is 440 g/mol. The number of hydrogen-bond donors (Lipinski definition) is 2. The molecule has 0 aliphatic carbocycles. The molecule has 0 radical (unpaired) electrons. The molecule has 3 rings (SSSR count). The van der Waals surface area contributed by atoms with Crippen LogP contribution in [0.15, 0.2) is 53.5 Å². The Hall–Kier alpha value is -2.93. The third-order valence-electron chi connectivity index (χ3n) is 5.94. The lowest BCUT2D eigenvalue weighted by Gasteiger charge is -2.40. The van der Waals surface area contributed by atoms with Gasteiger partial charge in [0.15, 0.2) is 5.96 Å². The maximum Gasteiger partial charge on any atom is 0.191 e. The summed E-state index contributed by atoms with van der Waals surface area (Å²) < 4.78 is 16.3. The van der Waals surface area contributed by atoms with Crippen molar-refractivity contribution in [1.82, 2.24) is 15.5 Å². The molecule has 32 heavy (non-hydrogen) atoms. The minimum atomic E-state index is 0.374. The van der Waals surface area contributed by atoms with Crippen LogP contribution in [-0.2, 0) is 0 Å². The van der Waals surface area contributed by atoms with Gasteiger partial charge in [-0.2, -0.15) is 0 Å². The first-order valence-electron chi connectivity index (χ1n) is 11.2. The minimum Gasteiger partial charge on any atom is -0.497 e. The van der Waals surface area contributed by atoms with Gasteiger partial charge in [-0.3, -0.25) is 9.89 Å². The second-order valence-corrected chi connectivity index (χ2v) is 8.00. The van der Waals surface area contributed by atoms with Gasteiger partial charge in [-0.1, -0.05) is 12.1 Å². The summed E-state index contributed by atoms with van der Waals surface area (Å²) in [5, 5.41) is 6.85. The van der Waals surface area contributed by atoms with Gasteiger partial charge >= 0.3 is 0 Å². The molecule has 174 valence electrons. The van der Waals surface area contributed by atoms with E-state index in [4.69, 9.17) is 14.2 Å². The Morgan fingerprint density at radius 3 is 2.22 bits per heavy atom. The molecule has 7 nitrogen and oxygen atoms in total. The van der Waals surface area contributed by atoms with E-state index in [0.717, 1.165) is 36.3 Å². The van der Waals surface area contributed by atoms with Gasteiger partial charge in [0.05, 0.1) is 20.8 Å². The SMILES string of the molecule is CN=C(NCCOc1ccc(OC)cc1)NCC1CCCN(C)C1c1ccc(OC)cc1. The van der Waals surface area contributed by atoms with Gasteiger partial charge in [0.1, 0.15) is 23.9 Å². The highest BCUT2D eigenvalue weighted by Gasteiger charge is 2.30. The first-order chi connectivity index (χ1) is 15.6. The van der Waals surface area contributed by atoms with Crippen LogP contribution in [0.4, 0.5) is 0 Å². The number of nitrogens with one attached hydrogen (secondary N) is 2. The second kappa shape index (κ2) is 12.2. The van der Waals surface area contributed by atoms with Crippen LogP contribution in [0.5, 0.6) is 17.2 Å². The molecule has 2 aromatic carbocycles. The van der Waals surface area contributed by atoms with Gasteiger partial charge in [-0.15, -0.1) is 0 Å². The molecule has 1 fully saturated rings.